The maximum absolute atomic E-state index is 12.3. The molecule has 5 nitrogen and oxygen atoms in total. The second kappa shape index (κ2) is 6.17. The summed E-state index contributed by atoms with van der Waals surface area (Å²) in [6.45, 7) is 6.37. The average Bonchev–Trinajstić information content (AvgIpc) is 2.74. The van der Waals surface area contributed by atoms with Crippen molar-refractivity contribution in [2.75, 3.05) is 5.73 Å². The zero-order chi connectivity index (χ0) is 14.7. The predicted octanol–water partition coefficient (Wildman–Crippen LogP) is 2.83. The second-order valence-electron chi connectivity index (χ2n) is 5.44. The first kappa shape index (κ1) is 14.7. The first-order chi connectivity index (χ1) is 9.49. The minimum atomic E-state index is -0.123. The molecule has 0 fully saturated rings. The number of aromatic nitrogens is 2. The monoisotopic (exact) mass is 292 g/mol. The van der Waals surface area contributed by atoms with Gasteiger partial charge in [0.25, 0.3) is 5.91 Å². The molecule has 0 aliphatic rings. The SMILES string of the molecule is CC(C)CCC(C)NC(=O)c1sc2nnccc2c1N. The van der Waals surface area contributed by atoms with Crippen molar-refractivity contribution in [3.05, 3.63) is 17.1 Å². The van der Waals surface area contributed by atoms with Gasteiger partial charge in [0.2, 0.25) is 0 Å². The largest absolute Gasteiger partial charge is 0.397 e. The molecule has 0 aromatic carbocycles. The first-order valence-corrected chi connectivity index (χ1v) is 7.61. The van der Waals surface area contributed by atoms with Crippen LogP contribution < -0.4 is 11.1 Å². The number of nitrogens with one attached hydrogen (secondary N) is 1. The molecule has 3 N–H and O–H groups in total. The van der Waals surface area contributed by atoms with Gasteiger partial charge in [0.05, 0.1) is 11.9 Å². The number of hydrogen-bond donors (Lipinski definition) is 2. The third-order valence-corrected chi connectivity index (χ3v) is 4.29. The van der Waals surface area contributed by atoms with Crippen molar-refractivity contribution in [2.45, 2.75) is 39.7 Å². The van der Waals surface area contributed by atoms with Crippen molar-refractivity contribution < 1.29 is 4.79 Å². The van der Waals surface area contributed by atoms with E-state index >= 15 is 0 Å². The number of thiophene rings is 1. The predicted molar refractivity (Wildman–Crippen MR) is 82.8 cm³/mol. The number of nitrogens with zero attached hydrogens (tertiary/aromatic N) is 2. The lowest BCUT2D eigenvalue weighted by molar-refractivity contribution is 0.0942. The Kier molecular flexibility index (Phi) is 4.54. The molecular formula is C14H20N4OS. The van der Waals surface area contributed by atoms with Crippen molar-refractivity contribution in [3.8, 4) is 0 Å². The Morgan fingerprint density at radius 3 is 2.80 bits per heavy atom. The number of carbonyl (C=O) groups excluding carboxylic acids is 1. The Morgan fingerprint density at radius 2 is 2.15 bits per heavy atom. The molecule has 1 amide bonds. The lowest BCUT2D eigenvalue weighted by Crippen LogP contribution is -2.32. The van der Waals surface area contributed by atoms with Crippen molar-refractivity contribution >= 4 is 33.1 Å². The molecule has 0 saturated carbocycles. The van der Waals surface area contributed by atoms with Crippen LogP contribution in [0.1, 0.15) is 43.3 Å². The van der Waals surface area contributed by atoms with Crippen molar-refractivity contribution in [2.24, 2.45) is 5.92 Å². The standard InChI is InChI=1S/C14H20N4OS/c1-8(2)4-5-9(3)17-13(19)12-11(15)10-6-7-16-18-14(10)20-12/h6-9H,4-5,15H2,1-3H3,(H,17,19). The van der Waals surface area contributed by atoms with E-state index in [4.69, 9.17) is 5.73 Å². The van der Waals surface area contributed by atoms with Crippen LogP contribution in [-0.4, -0.2) is 22.1 Å². The second-order valence-corrected chi connectivity index (χ2v) is 6.44. The van der Waals surface area contributed by atoms with E-state index in [1.165, 1.54) is 11.3 Å². The number of nitrogens with two attached hydrogens (primary N) is 1. The highest BCUT2D eigenvalue weighted by molar-refractivity contribution is 7.21. The molecule has 0 aliphatic heterocycles. The first-order valence-electron chi connectivity index (χ1n) is 6.79. The van der Waals surface area contributed by atoms with Crippen LogP contribution in [0.3, 0.4) is 0 Å². The molecule has 0 saturated heterocycles. The van der Waals surface area contributed by atoms with Crippen molar-refractivity contribution in [3.63, 3.8) is 0 Å². The minimum absolute atomic E-state index is 0.123. The highest BCUT2D eigenvalue weighted by atomic mass is 32.1. The van der Waals surface area contributed by atoms with Gasteiger partial charge in [-0.15, -0.1) is 16.4 Å². The Bertz CT molecular complexity index is 608. The van der Waals surface area contributed by atoms with Gasteiger partial charge in [-0.2, -0.15) is 5.10 Å². The van der Waals surface area contributed by atoms with E-state index in [0.717, 1.165) is 18.2 Å². The van der Waals surface area contributed by atoms with Gasteiger partial charge in [-0.1, -0.05) is 13.8 Å². The van der Waals surface area contributed by atoms with E-state index in [1.54, 1.807) is 12.3 Å². The third kappa shape index (κ3) is 3.25. The fraction of sp³-hybridized carbons (Fsp3) is 0.500. The summed E-state index contributed by atoms with van der Waals surface area (Å²) in [5.41, 5.74) is 6.51. The van der Waals surface area contributed by atoms with Crippen molar-refractivity contribution in [1.29, 1.82) is 0 Å². The number of carbonyl (C=O) groups is 1. The number of hydrogen-bond acceptors (Lipinski definition) is 5. The van der Waals surface area contributed by atoms with E-state index in [1.807, 2.05) is 6.92 Å². The van der Waals surface area contributed by atoms with Gasteiger partial charge < -0.3 is 11.1 Å². The van der Waals surface area contributed by atoms with Gasteiger partial charge in [-0.25, -0.2) is 0 Å². The van der Waals surface area contributed by atoms with E-state index < -0.39 is 0 Å². The Morgan fingerprint density at radius 1 is 1.40 bits per heavy atom. The summed E-state index contributed by atoms with van der Waals surface area (Å²) in [6.07, 6.45) is 3.64. The summed E-state index contributed by atoms with van der Waals surface area (Å²) >= 11 is 1.29. The normalized spacial score (nSPS) is 12.8. The molecule has 0 bridgehead atoms. The van der Waals surface area contributed by atoms with E-state index in [0.29, 0.717) is 21.3 Å². The van der Waals surface area contributed by atoms with Gasteiger partial charge >= 0.3 is 0 Å². The van der Waals surface area contributed by atoms with Crippen LogP contribution in [-0.2, 0) is 0 Å². The lowest BCUT2D eigenvalue weighted by atomic mass is 10.0. The fourth-order valence-electron chi connectivity index (χ4n) is 1.99. The van der Waals surface area contributed by atoms with Crippen LogP contribution in [0.5, 0.6) is 0 Å². The topological polar surface area (TPSA) is 80.9 Å². The Hall–Kier alpha value is -1.69. The molecule has 1 atom stereocenters. The third-order valence-electron chi connectivity index (χ3n) is 3.18. The minimum Gasteiger partial charge on any atom is -0.397 e. The average molecular weight is 292 g/mol. The molecule has 0 aliphatic carbocycles. The number of fused-ring (bicyclic) bond motifs is 1. The highest BCUT2D eigenvalue weighted by Gasteiger charge is 2.18. The van der Waals surface area contributed by atoms with Crippen LogP contribution in [0.25, 0.3) is 10.2 Å². The number of amides is 1. The summed E-state index contributed by atoms with van der Waals surface area (Å²) in [7, 11) is 0. The van der Waals surface area contributed by atoms with Gasteiger partial charge in [0.1, 0.15) is 9.71 Å². The number of rotatable bonds is 5. The number of nitrogen functional groups attached to an aromatic ring is 1. The molecule has 2 heterocycles. The Labute approximate surface area is 122 Å². The highest BCUT2D eigenvalue weighted by Crippen LogP contribution is 2.31. The summed E-state index contributed by atoms with van der Waals surface area (Å²) in [5, 5.41) is 11.6. The van der Waals surface area contributed by atoms with E-state index in [9.17, 15) is 4.79 Å². The summed E-state index contributed by atoms with van der Waals surface area (Å²) in [6, 6.07) is 1.92. The molecule has 2 rings (SSSR count). The molecule has 0 radical (unpaired) electrons. The van der Waals surface area contributed by atoms with Crippen LogP contribution in [0.2, 0.25) is 0 Å². The van der Waals surface area contributed by atoms with Crippen LogP contribution in [0.4, 0.5) is 5.69 Å². The fourth-order valence-corrected chi connectivity index (χ4v) is 2.93. The summed E-state index contributed by atoms with van der Waals surface area (Å²) < 4.78 is 0. The molecule has 108 valence electrons. The zero-order valence-electron chi connectivity index (χ0n) is 12.0. The van der Waals surface area contributed by atoms with Crippen LogP contribution in [0, 0.1) is 5.92 Å². The van der Waals surface area contributed by atoms with E-state index in [-0.39, 0.29) is 11.9 Å². The van der Waals surface area contributed by atoms with Crippen LogP contribution >= 0.6 is 11.3 Å². The molecule has 2 aromatic heterocycles. The quantitative estimate of drug-likeness (QED) is 0.888. The maximum atomic E-state index is 12.3. The molecule has 2 aromatic rings. The van der Waals surface area contributed by atoms with E-state index in [2.05, 4.69) is 29.4 Å². The maximum Gasteiger partial charge on any atom is 0.263 e. The molecule has 0 spiro atoms. The van der Waals surface area contributed by atoms with Crippen molar-refractivity contribution in [1.82, 2.24) is 15.5 Å². The summed E-state index contributed by atoms with van der Waals surface area (Å²) in [4.78, 5) is 13.5. The van der Waals surface area contributed by atoms with Gasteiger partial charge in [0, 0.05) is 11.4 Å². The van der Waals surface area contributed by atoms with Gasteiger partial charge in [0.15, 0.2) is 0 Å². The molecule has 1 unspecified atom stereocenters. The molecular weight excluding hydrogens is 272 g/mol. The smallest absolute Gasteiger partial charge is 0.263 e. The Balaban J connectivity index is 2.09. The van der Waals surface area contributed by atoms with Crippen LogP contribution in [0.15, 0.2) is 12.3 Å². The molecule has 6 heteroatoms. The van der Waals surface area contributed by atoms with Gasteiger partial charge in [-0.05, 0) is 31.7 Å². The van der Waals surface area contributed by atoms with Gasteiger partial charge in [-0.3, -0.25) is 4.79 Å². The summed E-state index contributed by atoms with van der Waals surface area (Å²) in [5.74, 6) is 0.515. The zero-order valence-corrected chi connectivity index (χ0v) is 12.8. The lowest BCUT2D eigenvalue weighted by Gasteiger charge is -2.14. The number of anilines is 1. The molecule has 20 heavy (non-hydrogen) atoms.